The van der Waals surface area contributed by atoms with Crippen LogP contribution in [0.1, 0.15) is 46.2 Å². The van der Waals surface area contributed by atoms with Crippen molar-refractivity contribution in [3.63, 3.8) is 0 Å². The largest absolute Gasteiger partial charge is 1.00 e. The van der Waals surface area contributed by atoms with Crippen LogP contribution in [0.3, 0.4) is 0 Å². The van der Waals surface area contributed by atoms with Gasteiger partial charge in [0.2, 0.25) is 0 Å². The predicted molar refractivity (Wildman–Crippen MR) is 136 cm³/mol. The van der Waals surface area contributed by atoms with Gasteiger partial charge in [0, 0.05) is 0 Å². The molecule has 5 aliphatic rings. The van der Waals surface area contributed by atoms with Gasteiger partial charge in [-0.25, -0.2) is 0 Å². The molecule has 3 fully saturated rings. The summed E-state index contributed by atoms with van der Waals surface area (Å²) in [7, 11) is -2.34. The van der Waals surface area contributed by atoms with Crippen molar-refractivity contribution in [2.75, 3.05) is 0 Å². The molecule has 2 aromatic carbocycles. The molecule has 3 heterocycles. The number of fused-ring (bicyclic) bond motifs is 2. The predicted octanol–water partition coefficient (Wildman–Crippen LogP) is 2.32. The van der Waals surface area contributed by atoms with Gasteiger partial charge in [0.15, 0.2) is 0 Å². The van der Waals surface area contributed by atoms with Crippen LogP contribution >= 0.6 is 0 Å². The average Bonchev–Trinajstić information content (AvgIpc) is 3.30. The maximum Gasteiger partial charge on any atom is -1.00 e. The second-order valence-electron chi connectivity index (χ2n) is 11.9. The van der Waals surface area contributed by atoms with Gasteiger partial charge < -0.3 is 24.8 Å². The number of allylic oxidation sites excluding steroid dienone is 2. The zero-order valence-electron chi connectivity index (χ0n) is 19.8. The first-order valence-corrected chi connectivity index (χ1v) is 24.6. The summed E-state index contributed by atoms with van der Waals surface area (Å²) in [6.45, 7) is 5.52. The summed E-state index contributed by atoms with van der Waals surface area (Å²) in [4.78, 5) is 0. The fourth-order valence-electron chi connectivity index (χ4n) is 7.89. The van der Waals surface area contributed by atoms with Crippen molar-refractivity contribution in [1.82, 2.24) is 0 Å². The van der Waals surface area contributed by atoms with Crippen molar-refractivity contribution in [1.29, 1.82) is 0 Å². The summed E-state index contributed by atoms with van der Waals surface area (Å²) in [6, 6.07) is 25.4. The third-order valence-electron chi connectivity index (χ3n) is 10.1. The quantitative estimate of drug-likeness (QED) is 0.482. The van der Waals surface area contributed by atoms with Gasteiger partial charge in [0.25, 0.3) is 0 Å². The van der Waals surface area contributed by atoms with Gasteiger partial charge in [-0.05, 0) is 0 Å². The molecule has 2 aliphatic carbocycles. The van der Waals surface area contributed by atoms with Gasteiger partial charge in [-0.15, -0.1) is 0 Å². The van der Waals surface area contributed by atoms with Gasteiger partial charge >= 0.3 is 195 Å². The molecule has 3 aliphatic heterocycles. The Balaban J connectivity index is 0.00000114. The van der Waals surface area contributed by atoms with Gasteiger partial charge in [0.1, 0.15) is 0 Å². The van der Waals surface area contributed by atoms with Gasteiger partial charge in [-0.2, -0.15) is 0 Å². The van der Waals surface area contributed by atoms with Crippen LogP contribution in [0.5, 0.6) is 0 Å². The molecule has 2 unspecified atom stereocenters. The van der Waals surface area contributed by atoms with Crippen LogP contribution in [-0.2, 0) is 20.3 Å². The topological polar surface area (TPSA) is 0 Å². The fourth-order valence-corrected chi connectivity index (χ4v) is 37.6. The molecule has 0 bridgehead atoms. The number of benzene rings is 2. The number of hydrogen-bond donors (Lipinski definition) is 0. The van der Waals surface area contributed by atoms with E-state index >= 15 is 0 Å². The molecule has 0 amide bonds. The van der Waals surface area contributed by atoms with E-state index in [4.69, 9.17) is 0 Å². The van der Waals surface area contributed by atoms with Crippen LogP contribution in [0.2, 0.25) is 45.5 Å². The first kappa shape index (κ1) is 24.5. The zero-order valence-corrected chi connectivity index (χ0v) is 25.8. The van der Waals surface area contributed by atoms with E-state index in [-0.39, 0.29) is 24.8 Å². The Bertz CT molecular complexity index is 1070. The van der Waals surface area contributed by atoms with E-state index in [1.807, 2.05) is 0 Å². The minimum Gasteiger partial charge on any atom is -1.00 e. The van der Waals surface area contributed by atoms with Crippen molar-refractivity contribution in [3.8, 4) is 0 Å². The SMILES string of the molecule is C[Si]1(C2[C]([Zr+2]3([C]4=Cc5ccccc5C4[Si]4(C)CCC4)[CH2][CH2]3)=Cc3ccccc32)CCC1.[Cl-].[Cl-]. The fraction of sp³-hybridized carbons (Fsp3) is 0.429. The Morgan fingerprint density at radius 2 is 1.03 bits per heavy atom. The maximum absolute atomic E-state index is 2.78. The Kier molecular flexibility index (Phi) is 6.27. The molecular weight excluding hydrogens is 555 g/mol. The minimum atomic E-state index is -2.46. The monoisotopic (exact) mass is 586 g/mol. The normalized spacial score (nSPS) is 27.6. The second-order valence-corrected chi connectivity index (χ2v) is 32.3. The van der Waals surface area contributed by atoms with E-state index in [0.717, 1.165) is 11.1 Å². The van der Waals surface area contributed by atoms with Crippen LogP contribution in [-0.4, -0.2) is 16.1 Å². The summed E-state index contributed by atoms with van der Waals surface area (Å²) >= 11 is -2.46. The third kappa shape index (κ3) is 3.43. The first-order valence-electron chi connectivity index (χ1n) is 12.7. The molecule has 33 heavy (non-hydrogen) atoms. The van der Waals surface area contributed by atoms with Crippen molar-refractivity contribution in [2.45, 2.75) is 69.5 Å². The van der Waals surface area contributed by atoms with E-state index in [0.29, 0.717) is 0 Å². The Morgan fingerprint density at radius 3 is 1.36 bits per heavy atom. The molecule has 172 valence electrons. The number of hydrogen-bond acceptors (Lipinski definition) is 0. The zero-order chi connectivity index (χ0) is 20.8. The number of halogens is 2. The van der Waals surface area contributed by atoms with E-state index < -0.39 is 36.4 Å². The minimum absolute atomic E-state index is 0. The van der Waals surface area contributed by atoms with Gasteiger partial charge in [-0.3, -0.25) is 0 Å². The van der Waals surface area contributed by atoms with E-state index in [1.165, 1.54) is 12.8 Å². The summed E-state index contributed by atoms with van der Waals surface area (Å²) < 4.78 is 7.36. The number of rotatable bonds is 4. The van der Waals surface area contributed by atoms with Crippen molar-refractivity contribution >= 4 is 28.3 Å². The van der Waals surface area contributed by atoms with Crippen LogP contribution in [0.15, 0.2) is 55.1 Å². The molecule has 2 aromatic rings. The molecule has 3 saturated heterocycles. The van der Waals surface area contributed by atoms with Crippen molar-refractivity contribution in [3.05, 3.63) is 77.3 Å². The maximum atomic E-state index is 2.78. The summed E-state index contributed by atoms with van der Waals surface area (Å²) in [5.41, 5.74) is 8.44. The van der Waals surface area contributed by atoms with E-state index in [1.54, 1.807) is 54.7 Å². The smallest absolute Gasteiger partial charge is 1.00 e. The van der Waals surface area contributed by atoms with Gasteiger partial charge in [-0.1, -0.05) is 0 Å². The second kappa shape index (κ2) is 8.44. The molecule has 0 N–H and O–H groups in total. The molecule has 2 atom stereocenters. The van der Waals surface area contributed by atoms with E-state index in [9.17, 15) is 0 Å². The molecule has 0 aromatic heterocycles. The Morgan fingerprint density at radius 1 is 0.636 bits per heavy atom. The molecule has 0 nitrogen and oxygen atoms in total. The summed E-state index contributed by atoms with van der Waals surface area (Å²) in [6.07, 6.45) is 8.56. The Labute approximate surface area is 218 Å². The van der Waals surface area contributed by atoms with Crippen LogP contribution in [0, 0.1) is 0 Å². The molecule has 7 rings (SSSR count). The van der Waals surface area contributed by atoms with E-state index in [2.05, 4.69) is 80.3 Å². The Hall–Kier alpha value is -0.183. The van der Waals surface area contributed by atoms with Gasteiger partial charge in [0.05, 0.1) is 0 Å². The molecule has 0 radical (unpaired) electrons. The first-order chi connectivity index (χ1) is 15.0. The van der Waals surface area contributed by atoms with Crippen molar-refractivity contribution in [2.24, 2.45) is 0 Å². The standard InChI is InChI=1S/2C13H15Si.C2H4.2ClH.Zr/c2*1-14(9-4-10-14)13-8-7-11-5-2-3-6-12(11)13;1-2;;;/h2*2-3,5-7,13H,4,9-10H2,1H3;1-2H2;2*1H;/q;;;;;+2/p-2. The molecule has 0 spiro atoms. The molecular formula is C28H34Cl2Si2Zr. The molecule has 5 heteroatoms. The van der Waals surface area contributed by atoms with Crippen LogP contribution < -0.4 is 24.8 Å². The molecule has 0 saturated carbocycles. The van der Waals surface area contributed by atoms with Crippen molar-refractivity contribution < 1.29 is 45.1 Å². The van der Waals surface area contributed by atoms with Crippen LogP contribution in [0.4, 0.5) is 0 Å². The third-order valence-corrected chi connectivity index (χ3v) is 32.8. The van der Waals surface area contributed by atoms with Crippen LogP contribution in [0.25, 0.3) is 12.2 Å². The summed E-state index contributed by atoms with van der Waals surface area (Å²) in [5, 5.41) is 0. The average molecular weight is 589 g/mol. The summed E-state index contributed by atoms with van der Waals surface area (Å²) in [5.74, 6) is 0.